The summed E-state index contributed by atoms with van der Waals surface area (Å²) in [5.74, 6) is 0. The monoisotopic (exact) mass is 436 g/mol. The van der Waals surface area contributed by atoms with Crippen LogP contribution in [0.2, 0.25) is 0 Å². The molecule has 0 saturated carbocycles. The van der Waals surface area contributed by atoms with Gasteiger partial charge in [-0.2, -0.15) is 8.61 Å². The minimum Gasteiger partial charge on any atom is -0.207 e. The molecule has 0 aromatic heterocycles. The normalized spacial score (nSPS) is 17.3. The molecule has 0 aliphatic carbocycles. The second-order valence-electron chi connectivity index (χ2n) is 7.61. The van der Waals surface area contributed by atoms with Gasteiger partial charge in [-0.15, -0.1) is 0 Å². The van der Waals surface area contributed by atoms with Crippen molar-refractivity contribution in [1.82, 2.24) is 8.61 Å². The summed E-state index contributed by atoms with van der Waals surface area (Å²) in [5, 5.41) is 0. The Kier molecular flexibility index (Phi) is 5.93. The maximum absolute atomic E-state index is 13.5. The maximum Gasteiger partial charge on any atom is 0.243 e. The van der Waals surface area contributed by atoms with E-state index in [4.69, 9.17) is 0 Å². The second-order valence-corrected chi connectivity index (χ2v) is 11.4. The van der Waals surface area contributed by atoms with Crippen molar-refractivity contribution in [3.8, 4) is 0 Å². The van der Waals surface area contributed by atoms with Gasteiger partial charge in [0.1, 0.15) is 0 Å². The minimum absolute atomic E-state index is 0.00168. The molecule has 1 aliphatic heterocycles. The average Bonchev–Trinajstić information content (AvgIpc) is 2.68. The Balaban J connectivity index is 2.06. The third-order valence-corrected chi connectivity index (χ3v) is 9.74. The first-order chi connectivity index (χ1) is 13.6. The molecular weight excluding hydrogens is 408 g/mol. The standard InChI is InChI=1S/C21H28N2O4S2/c1-5-22(6-2)28(24,25)18-11-9-12-19(16-18)29(26,27)23-15-14-17-10-7-8-13-20(17)21(23,3)4/h7-13,16H,5-6,14-15H2,1-4H3. The fourth-order valence-electron chi connectivity index (χ4n) is 4.03. The van der Waals surface area contributed by atoms with Crippen LogP contribution in [0.1, 0.15) is 38.8 Å². The van der Waals surface area contributed by atoms with Crippen molar-refractivity contribution in [1.29, 1.82) is 0 Å². The van der Waals surface area contributed by atoms with Crippen molar-refractivity contribution in [2.45, 2.75) is 49.4 Å². The molecule has 1 heterocycles. The molecule has 6 nitrogen and oxygen atoms in total. The van der Waals surface area contributed by atoms with E-state index in [2.05, 4.69) is 0 Å². The highest BCUT2D eigenvalue weighted by Crippen LogP contribution is 2.38. The molecule has 0 atom stereocenters. The zero-order valence-corrected chi connectivity index (χ0v) is 18.9. The van der Waals surface area contributed by atoms with Gasteiger partial charge in [-0.05, 0) is 49.6 Å². The van der Waals surface area contributed by atoms with E-state index in [-0.39, 0.29) is 9.79 Å². The summed E-state index contributed by atoms with van der Waals surface area (Å²) in [6.07, 6.45) is 0.621. The Hall–Kier alpha value is -1.74. The number of hydrogen-bond donors (Lipinski definition) is 0. The highest BCUT2D eigenvalue weighted by molar-refractivity contribution is 7.90. The molecular formula is C21H28N2O4S2. The lowest BCUT2D eigenvalue weighted by molar-refractivity contribution is 0.215. The Morgan fingerprint density at radius 3 is 2.21 bits per heavy atom. The predicted molar refractivity (Wildman–Crippen MR) is 114 cm³/mol. The Morgan fingerprint density at radius 1 is 0.931 bits per heavy atom. The Bertz CT molecular complexity index is 1110. The zero-order valence-electron chi connectivity index (χ0n) is 17.3. The van der Waals surface area contributed by atoms with Crippen LogP contribution < -0.4 is 0 Å². The molecule has 0 fully saturated rings. The number of fused-ring (bicyclic) bond motifs is 1. The van der Waals surface area contributed by atoms with E-state index in [0.717, 1.165) is 11.1 Å². The van der Waals surface area contributed by atoms with Crippen LogP contribution in [0, 0.1) is 0 Å². The predicted octanol–water partition coefficient (Wildman–Crippen LogP) is 3.20. The molecule has 0 spiro atoms. The van der Waals surface area contributed by atoms with Crippen molar-refractivity contribution >= 4 is 20.0 Å². The summed E-state index contributed by atoms with van der Waals surface area (Å²) >= 11 is 0. The first kappa shape index (κ1) is 22.0. The van der Waals surface area contributed by atoms with Gasteiger partial charge in [-0.25, -0.2) is 16.8 Å². The number of rotatable bonds is 6. The smallest absolute Gasteiger partial charge is 0.207 e. The number of sulfonamides is 2. The zero-order chi connectivity index (χ0) is 21.4. The quantitative estimate of drug-likeness (QED) is 0.697. The van der Waals surface area contributed by atoms with Crippen molar-refractivity contribution in [2.75, 3.05) is 19.6 Å². The lowest BCUT2D eigenvalue weighted by atomic mass is 9.85. The summed E-state index contributed by atoms with van der Waals surface area (Å²) in [5.41, 5.74) is 1.38. The Morgan fingerprint density at radius 2 is 1.55 bits per heavy atom. The summed E-state index contributed by atoms with van der Waals surface area (Å²) in [4.78, 5) is -0.00400. The third kappa shape index (κ3) is 3.74. The van der Waals surface area contributed by atoms with Gasteiger partial charge < -0.3 is 0 Å². The molecule has 2 aromatic carbocycles. The molecule has 158 valence electrons. The van der Waals surface area contributed by atoms with E-state index >= 15 is 0 Å². The van der Waals surface area contributed by atoms with Crippen LogP contribution in [0.15, 0.2) is 58.3 Å². The average molecular weight is 437 g/mol. The van der Waals surface area contributed by atoms with E-state index in [1.165, 1.54) is 32.9 Å². The molecule has 8 heteroatoms. The van der Waals surface area contributed by atoms with Gasteiger partial charge in [0.2, 0.25) is 20.0 Å². The molecule has 0 N–H and O–H groups in total. The van der Waals surface area contributed by atoms with Gasteiger partial charge in [0.05, 0.1) is 15.3 Å². The molecule has 0 saturated heterocycles. The topological polar surface area (TPSA) is 74.8 Å². The fourth-order valence-corrected chi connectivity index (χ4v) is 7.42. The van der Waals surface area contributed by atoms with Crippen molar-refractivity contribution < 1.29 is 16.8 Å². The van der Waals surface area contributed by atoms with Gasteiger partial charge in [0, 0.05) is 19.6 Å². The molecule has 29 heavy (non-hydrogen) atoms. The van der Waals surface area contributed by atoms with E-state index in [1.54, 1.807) is 13.8 Å². The van der Waals surface area contributed by atoms with E-state index < -0.39 is 25.6 Å². The maximum atomic E-state index is 13.5. The van der Waals surface area contributed by atoms with Crippen LogP contribution in [0.25, 0.3) is 0 Å². The van der Waals surface area contributed by atoms with Gasteiger partial charge in [-0.3, -0.25) is 0 Å². The molecule has 0 amide bonds. The molecule has 0 radical (unpaired) electrons. The van der Waals surface area contributed by atoms with Crippen LogP contribution in [0.3, 0.4) is 0 Å². The SMILES string of the molecule is CCN(CC)S(=O)(=O)c1cccc(S(=O)(=O)N2CCc3ccccc3C2(C)C)c1. The second kappa shape index (κ2) is 7.83. The summed E-state index contributed by atoms with van der Waals surface area (Å²) in [6.45, 7) is 8.29. The summed E-state index contributed by atoms with van der Waals surface area (Å²) in [6, 6.07) is 13.5. The van der Waals surface area contributed by atoms with E-state index in [1.807, 2.05) is 38.1 Å². The highest BCUT2D eigenvalue weighted by atomic mass is 32.2. The van der Waals surface area contributed by atoms with Crippen molar-refractivity contribution in [3.63, 3.8) is 0 Å². The van der Waals surface area contributed by atoms with Gasteiger partial charge in [0.15, 0.2) is 0 Å². The summed E-state index contributed by atoms with van der Waals surface area (Å²) < 4.78 is 55.6. The van der Waals surface area contributed by atoms with Gasteiger partial charge in [0.25, 0.3) is 0 Å². The molecule has 3 rings (SSSR count). The molecule has 0 bridgehead atoms. The van der Waals surface area contributed by atoms with Crippen LogP contribution in [-0.4, -0.2) is 45.1 Å². The molecule has 0 unspecified atom stereocenters. The van der Waals surface area contributed by atoms with Crippen molar-refractivity contribution in [3.05, 3.63) is 59.7 Å². The molecule has 1 aliphatic rings. The molecule has 2 aromatic rings. The minimum atomic E-state index is -3.88. The lowest BCUT2D eigenvalue weighted by Crippen LogP contribution is -2.49. The van der Waals surface area contributed by atoms with E-state index in [0.29, 0.717) is 26.1 Å². The van der Waals surface area contributed by atoms with Crippen LogP contribution in [0.5, 0.6) is 0 Å². The summed E-state index contributed by atoms with van der Waals surface area (Å²) in [7, 11) is -7.63. The lowest BCUT2D eigenvalue weighted by Gasteiger charge is -2.42. The van der Waals surface area contributed by atoms with Crippen molar-refractivity contribution in [2.24, 2.45) is 0 Å². The van der Waals surface area contributed by atoms with Crippen LogP contribution >= 0.6 is 0 Å². The van der Waals surface area contributed by atoms with Crippen LogP contribution in [-0.2, 0) is 32.0 Å². The first-order valence-corrected chi connectivity index (χ1v) is 12.7. The Labute approximate surface area is 174 Å². The highest BCUT2D eigenvalue weighted by Gasteiger charge is 2.42. The van der Waals surface area contributed by atoms with Crippen LogP contribution in [0.4, 0.5) is 0 Å². The number of nitrogens with zero attached hydrogens (tertiary/aromatic N) is 2. The number of benzene rings is 2. The fraction of sp³-hybridized carbons (Fsp3) is 0.429. The van der Waals surface area contributed by atoms with Gasteiger partial charge >= 0.3 is 0 Å². The van der Waals surface area contributed by atoms with Gasteiger partial charge in [-0.1, -0.05) is 44.2 Å². The first-order valence-electron chi connectivity index (χ1n) is 9.78. The number of hydrogen-bond acceptors (Lipinski definition) is 4. The van der Waals surface area contributed by atoms with E-state index in [9.17, 15) is 16.8 Å². The third-order valence-electron chi connectivity index (χ3n) is 5.62. The largest absolute Gasteiger partial charge is 0.243 e.